The summed E-state index contributed by atoms with van der Waals surface area (Å²) >= 11 is 0. The van der Waals surface area contributed by atoms with Gasteiger partial charge in [-0.25, -0.2) is 8.42 Å². The maximum atomic E-state index is 12.5. The maximum absolute atomic E-state index is 12.5. The van der Waals surface area contributed by atoms with Crippen LogP contribution in [0, 0.1) is 20.8 Å². The molecule has 112 valence electrons. The molecule has 4 nitrogen and oxygen atoms in total. The Balaban J connectivity index is 2.41. The van der Waals surface area contributed by atoms with E-state index in [1.54, 1.807) is 18.2 Å². The van der Waals surface area contributed by atoms with Gasteiger partial charge in [0.2, 0.25) is 0 Å². The Labute approximate surface area is 125 Å². The fourth-order valence-corrected chi connectivity index (χ4v) is 3.21. The van der Waals surface area contributed by atoms with Crippen LogP contribution in [0.25, 0.3) is 0 Å². The van der Waals surface area contributed by atoms with Gasteiger partial charge in [-0.15, -0.1) is 0 Å². The van der Waals surface area contributed by atoms with Crippen molar-refractivity contribution >= 4 is 15.7 Å². The molecule has 0 saturated carbocycles. The summed E-state index contributed by atoms with van der Waals surface area (Å²) in [6.07, 6.45) is 0. The third-order valence-electron chi connectivity index (χ3n) is 3.44. The minimum Gasteiger partial charge on any atom is -0.392 e. The lowest BCUT2D eigenvalue weighted by molar-refractivity contribution is 0.281. The lowest BCUT2D eigenvalue weighted by Gasteiger charge is -2.12. The molecule has 0 amide bonds. The Kier molecular flexibility index (Phi) is 4.34. The molecule has 2 N–H and O–H groups in total. The smallest absolute Gasteiger partial charge is 0.261 e. The van der Waals surface area contributed by atoms with Crippen molar-refractivity contribution in [1.29, 1.82) is 0 Å². The number of aryl methyl sites for hydroxylation is 3. The second-order valence-electron chi connectivity index (χ2n) is 5.17. The van der Waals surface area contributed by atoms with Crippen molar-refractivity contribution in [2.45, 2.75) is 32.3 Å². The van der Waals surface area contributed by atoms with E-state index in [0.717, 1.165) is 16.7 Å². The van der Waals surface area contributed by atoms with Crippen LogP contribution >= 0.6 is 0 Å². The van der Waals surface area contributed by atoms with Crippen LogP contribution in [0.15, 0.2) is 41.3 Å². The summed E-state index contributed by atoms with van der Waals surface area (Å²) in [5.41, 5.74) is 3.89. The summed E-state index contributed by atoms with van der Waals surface area (Å²) < 4.78 is 27.5. The summed E-state index contributed by atoms with van der Waals surface area (Å²) in [5.74, 6) is 0. The standard InChI is InChI=1S/C16H19NO3S/c1-11-4-5-13(3)16(8-11)17-21(19,20)15-7-6-12(2)14(9-15)10-18/h4-9,17-18H,10H2,1-3H3. The molecule has 21 heavy (non-hydrogen) atoms. The van der Waals surface area contributed by atoms with Gasteiger partial charge < -0.3 is 5.11 Å². The van der Waals surface area contributed by atoms with E-state index in [-0.39, 0.29) is 11.5 Å². The molecule has 0 aromatic heterocycles. The van der Waals surface area contributed by atoms with Crippen molar-refractivity contribution in [3.05, 3.63) is 58.7 Å². The first kappa shape index (κ1) is 15.5. The fraction of sp³-hybridized carbons (Fsp3) is 0.250. The van der Waals surface area contributed by atoms with E-state index in [4.69, 9.17) is 0 Å². The molecule has 0 unspecified atom stereocenters. The van der Waals surface area contributed by atoms with E-state index in [1.807, 2.05) is 32.9 Å². The number of anilines is 1. The number of sulfonamides is 1. The lowest BCUT2D eigenvalue weighted by Crippen LogP contribution is -2.14. The van der Waals surface area contributed by atoms with Gasteiger partial charge in [-0.3, -0.25) is 4.72 Å². The Bertz CT molecular complexity index is 767. The molecule has 0 heterocycles. The van der Waals surface area contributed by atoms with Crippen LogP contribution in [0.5, 0.6) is 0 Å². The van der Waals surface area contributed by atoms with Crippen molar-refractivity contribution in [2.24, 2.45) is 0 Å². The van der Waals surface area contributed by atoms with Gasteiger partial charge in [-0.2, -0.15) is 0 Å². The molecule has 0 atom stereocenters. The zero-order valence-electron chi connectivity index (χ0n) is 12.3. The van der Waals surface area contributed by atoms with Gasteiger partial charge in [-0.05, 0) is 61.2 Å². The van der Waals surface area contributed by atoms with Crippen LogP contribution in [0.3, 0.4) is 0 Å². The molecule has 5 heteroatoms. The van der Waals surface area contributed by atoms with E-state index in [0.29, 0.717) is 11.3 Å². The van der Waals surface area contributed by atoms with Gasteiger partial charge in [0.25, 0.3) is 10.0 Å². The summed E-state index contributed by atoms with van der Waals surface area (Å²) in [6.45, 7) is 5.41. The van der Waals surface area contributed by atoms with Crippen LogP contribution in [0.2, 0.25) is 0 Å². The number of hydrogen-bond donors (Lipinski definition) is 2. The van der Waals surface area contributed by atoms with Crippen molar-refractivity contribution in [1.82, 2.24) is 0 Å². The molecule has 2 rings (SSSR count). The molecule has 0 radical (unpaired) electrons. The number of benzene rings is 2. The van der Waals surface area contributed by atoms with Crippen LogP contribution in [-0.2, 0) is 16.6 Å². The van der Waals surface area contributed by atoms with Gasteiger partial charge in [-0.1, -0.05) is 18.2 Å². The largest absolute Gasteiger partial charge is 0.392 e. The van der Waals surface area contributed by atoms with Crippen LogP contribution in [0.4, 0.5) is 5.69 Å². The van der Waals surface area contributed by atoms with E-state index >= 15 is 0 Å². The summed E-state index contributed by atoms with van der Waals surface area (Å²) in [5, 5.41) is 9.26. The predicted molar refractivity (Wildman–Crippen MR) is 83.8 cm³/mol. The van der Waals surface area contributed by atoms with Crippen LogP contribution < -0.4 is 4.72 Å². The Hall–Kier alpha value is -1.85. The summed E-state index contributed by atoms with van der Waals surface area (Å²) in [7, 11) is -3.66. The minimum absolute atomic E-state index is 0.151. The molecule has 0 saturated heterocycles. The monoisotopic (exact) mass is 305 g/mol. The number of rotatable bonds is 4. The quantitative estimate of drug-likeness (QED) is 0.912. The van der Waals surface area contributed by atoms with Crippen molar-refractivity contribution in [2.75, 3.05) is 4.72 Å². The highest BCUT2D eigenvalue weighted by Crippen LogP contribution is 2.22. The highest BCUT2D eigenvalue weighted by molar-refractivity contribution is 7.92. The number of aliphatic hydroxyl groups excluding tert-OH is 1. The summed E-state index contributed by atoms with van der Waals surface area (Å²) in [6, 6.07) is 10.4. The van der Waals surface area contributed by atoms with Gasteiger partial charge in [0.05, 0.1) is 17.2 Å². The minimum atomic E-state index is -3.66. The molecular weight excluding hydrogens is 286 g/mol. The van der Waals surface area contributed by atoms with Gasteiger partial charge in [0, 0.05) is 0 Å². The molecule has 2 aromatic carbocycles. The van der Waals surface area contributed by atoms with Gasteiger partial charge >= 0.3 is 0 Å². The molecule has 0 aliphatic heterocycles. The third kappa shape index (κ3) is 3.43. The number of hydrogen-bond acceptors (Lipinski definition) is 3. The zero-order valence-corrected chi connectivity index (χ0v) is 13.2. The van der Waals surface area contributed by atoms with E-state index < -0.39 is 10.0 Å². The maximum Gasteiger partial charge on any atom is 0.261 e. The van der Waals surface area contributed by atoms with Crippen molar-refractivity contribution in [3.8, 4) is 0 Å². The average molecular weight is 305 g/mol. The third-order valence-corrected chi connectivity index (χ3v) is 4.80. The molecule has 2 aromatic rings. The van der Waals surface area contributed by atoms with E-state index in [1.165, 1.54) is 6.07 Å². The first-order valence-electron chi connectivity index (χ1n) is 6.64. The first-order chi connectivity index (χ1) is 9.83. The summed E-state index contributed by atoms with van der Waals surface area (Å²) in [4.78, 5) is 0.151. The lowest BCUT2D eigenvalue weighted by atomic mass is 10.1. The number of nitrogens with one attached hydrogen (secondary N) is 1. The molecule has 0 fully saturated rings. The Morgan fingerprint density at radius 3 is 2.33 bits per heavy atom. The van der Waals surface area contributed by atoms with E-state index in [2.05, 4.69) is 4.72 Å². The molecule has 0 aliphatic rings. The fourth-order valence-electron chi connectivity index (χ4n) is 2.03. The normalized spacial score (nSPS) is 11.4. The second kappa shape index (κ2) is 5.87. The van der Waals surface area contributed by atoms with Crippen molar-refractivity contribution in [3.63, 3.8) is 0 Å². The van der Waals surface area contributed by atoms with Gasteiger partial charge in [0.1, 0.15) is 0 Å². The first-order valence-corrected chi connectivity index (χ1v) is 8.12. The van der Waals surface area contributed by atoms with Crippen molar-refractivity contribution < 1.29 is 13.5 Å². The predicted octanol–water partition coefficient (Wildman–Crippen LogP) is 2.90. The molecule has 0 bridgehead atoms. The Morgan fingerprint density at radius 2 is 1.67 bits per heavy atom. The zero-order chi connectivity index (χ0) is 15.6. The highest BCUT2D eigenvalue weighted by Gasteiger charge is 2.16. The van der Waals surface area contributed by atoms with Crippen LogP contribution in [0.1, 0.15) is 22.3 Å². The highest BCUT2D eigenvalue weighted by atomic mass is 32.2. The molecule has 0 aliphatic carbocycles. The second-order valence-corrected chi connectivity index (χ2v) is 6.85. The van der Waals surface area contributed by atoms with Crippen LogP contribution in [-0.4, -0.2) is 13.5 Å². The van der Waals surface area contributed by atoms with Gasteiger partial charge in [0.15, 0.2) is 0 Å². The topological polar surface area (TPSA) is 66.4 Å². The number of aliphatic hydroxyl groups is 1. The van der Waals surface area contributed by atoms with E-state index in [9.17, 15) is 13.5 Å². The Morgan fingerprint density at radius 1 is 1.00 bits per heavy atom. The SMILES string of the molecule is Cc1ccc(C)c(NS(=O)(=O)c2ccc(C)c(CO)c2)c1. The molecular formula is C16H19NO3S. The molecule has 0 spiro atoms. The average Bonchev–Trinajstić information content (AvgIpc) is 2.43.